The van der Waals surface area contributed by atoms with Crippen LogP contribution in [0.1, 0.15) is 97.1 Å². The van der Waals surface area contributed by atoms with Gasteiger partial charge in [0.15, 0.2) is 11.5 Å². The molecule has 0 heterocycles. The number of unbranched alkanes of at least 4 members (excludes halogenated alkanes) is 4. The normalized spacial score (nSPS) is 12.2. The molecule has 1 aromatic rings. The predicted molar refractivity (Wildman–Crippen MR) is 116 cm³/mol. The molecule has 0 amide bonds. The highest BCUT2D eigenvalue weighted by molar-refractivity contribution is 5.56. The molecule has 29 heavy (non-hydrogen) atoms. The summed E-state index contributed by atoms with van der Waals surface area (Å²) in [6, 6.07) is 1.45. The summed E-state index contributed by atoms with van der Waals surface area (Å²) in [5.41, 5.74) is 0.946. The number of carbonyl (C=O) groups excluding carboxylic acids is 1. The van der Waals surface area contributed by atoms with Crippen molar-refractivity contribution in [2.45, 2.75) is 104 Å². The smallest absolute Gasteiger partial charge is 0.293 e. The number of hydrogen-bond donors (Lipinski definition) is 3. The maximum absolute atomic E-state index is 10.6. The second-order valence-electron chi connectivity index (χ2n) is 9.89. The first-order chi connectivity index (χ1) is 13.5. The molecule has 0 aliphatic carbocycles. The molecular weight excluding hydrogens is 368 g/mol. The summed E-state index contributed by atoms with van der Waals surface area (Å²) in [7, 11) is 0. The van der Waals surface area contributed by atoms with Crippen molar-refractivity contribution < 1.29 is 24.9 Å². The van der Waals surface area contributed by atoms with Crippen LogP contribution in [-0.4, -0.2) is 27.4 Å². The summed E-state index contributed by atoms with van der Waals surface area (Å²) in [6.45, 7) is 10.9. The Morgan fingerprint density at radius 2 is 1.41 bits per heavy atom. The molecule has 1 aromatic carbocycles. The van der Waals surface area contributed by atoms with Crippen LogP contribution in [0.15, 0.2) is 6.07 Å². The molecule has 0 saturated heterocycles. The monoisotopic (exact) mass is 408 g/mol. The third-order valence-corrected chi connectivity index (χ3v) is 5.38. The minimum Gasteiger partial charge on any atom is -0.507 e. The molecule has 5 heteroatoms. The predicted octanol–water partition coefficient (Wildman–Crippen LogP) is 6.01. The lowest BCUT2D eigenvalue weighted by molar-refractivity contribution is -0.140. The molecule has 0 spiro atoms. The van der Waals surface area contributed by atoms with Crippen molar-refractivity contribution in [2.24, 2.45) is 5.41 Å². The van der Waals surface area contributed by atoms with Crippen LogP contribution in [0.25, 0.3) is 0 Å². The van der Waals surface area contributed by atoms with Crippen LogP contribution in [0.4, 0.5) is 0 Å². The van der Waals surface area contributed by atoms with Gasteiger partial charge >= 0.3 is 0 Å². The molecule has 5 nitrogen and oxygen atoms in total. The largest absolute Gasteiger partial charge is 0.507 e. The Bertz CT molecular complexity index is 644. The van der Waals surface area contributed by atoms with Gasteiger partial charge in [-0.05, 0) is 75.8 Å². The van der Waals surface area contributed by atoms with E-state index in [1.165, 1.54) is 18.9 Å². The number of benzene rings is 1. The van der Waals surface area contributed by atoms with Gasteiger partial charge in [-0.15, -0.1) is 0 Å². The van der Waals surface area contributed by atoms with Gasteiger partial charge in [-0.3, -0.25) is 4.79 Å². The van der Waals surface area contributed by atoms with E-state index < -0.39 is 5.60 Å². The first-order valence-corrected chi connectivity index (χ1v) is 10.8. The van der Waals surface area contributed by atoms with E-state index in [1.807, 2.05) is 13.8 Å². The van der Waals surface area contributed by atoms with Crippen LogP contribution < -0.4 is 0 Å². The first kappa shape index (κ1) is 25.1. The molecule has 166 valence electrons. The maximum Gasteiger partial charge on any atom is 0.293 e. The minimum absolute atomic E-state index is 0.0957. The fourth-order valence-corrected chi connectivity index (χ4v) is 3.56. The van der Waals surface area contributed by atoms with Crippen molar-refractivity contribution in [2.75, 3.05) is 0 Å². The van der Waals surface area contributed by atoms with Gasteiger partial charge in [0, 0.05) is 5.56 Å². The standard InChI is InChI=1S/C24H40O5/c1-23(2,3)14-10-7-6-8-13-19-21(27)18(16-20(26)22(19)28)12-9-11-15-24(4,5)29-17-25/h16-17,26-28H,6-15H2,1-5H3. The third-order valence-electron chi connectivity index (χ3n) is 5.38. The van der Waals surface area contributed by atoms with Crippen LogP contribution in [0, 0.1) is 5.41 Å². The Hall–Kier alpha value is -1.91. The summed E-state index contributed by atoms with van der Waals surface area (Å²) in [5.74, 6) is -0.287. The van der Waals surface area contributed by atoms with Crippen molar-refractivity contribution in [3.63, 3.8) is 0 Å². The van der Waals surface area contributed by atoms with E-state index in [4.69, 9.17) is 4.74 Å². The summed E-state index contributed by atoms with van der Waals surface area (Å²) in [6.07, 6.45) is 8.87. The lowest BCUT2D eigenvalue weighted by Crippen LogP contribution is -2.23. The van der Waals surface area contributed by atoms with Crippen LogP contribution >= 0.6 is 0 Å². The maximum atomic E-state index is 10.6. The van der Waals surface area contributed by atoms with Crippen LogP contribution in [0.2, 0.25) is 0 Å². The first-order valence-electron chi connectivity index (χ1n) is 10.8. The topological polar surface area (TPSA) is 87.0 Å². The van der Waals surface area contributed by atoms with E-state index in [0.717, 1.165) is 38.5 Å². The lowest BCUT2D eigenvalue weighted by atomic mass is 9.89. The van der Waals surface area contributed by atoms with E-state index >= 15 is 0 Å². The van der Waals surface area contributed by atoms with Gasteiger partial charge in [0.25, 0.3) is 6.47 Å². The van der Waals surface area contributed by atoms with Crippen molar-refractivity contribution in [3.05, 3.63) is 17.2 Å². The van der Waals surface area contributed by atoms with E-state index in [9.17, 15) is 20.1 Å². The average molecular weight is 409 g/mol. The Kier molecular flexibility index (Phi) is 9.81. The van der Waals surface area contributed by atoms with Gasteiger partial charge in [0.2, 0.25) is 0 Å². The molecule has 1 rings (SSSR count). The Labute approximate surface area is 176 Å². The van der Waals surface area contributed by atoms with Gasteiger partial charge in [-0.25, -0.2) is 0 Å². The van der Waals surface area contributed by atoms with Crippen molar-refractivity contribution in [1.29, 1.82) is 0 Å². The van der Waals surface area contributed by atoms with Crippen LogP contribution in [0.5, 0.6) is 17.2 Å². The molecule has 0 atom stereocenters. The molecule has 0 aliphatic rings. The second kappa shape index (κ2) is 11.3. The number of carbonyl (C=O) groups is 1. The van der Waals surface area contributed by atoms with Gasteiger partial charge in [0.05, 0.1) is 0 Å². The molecule has 0 aliphatic heterocycles. The quantitative estimate of drug-likeness (QED) is 0.161. The lowest BCUT2D eigenvalue weighted by Gasteiger charge is -2.22. The molecule has 0 radical (unpaired) electrons. The number of hydrogen-bond acceptors (Lipinski definition) is 5. The number of phenols is 3. The number of phenolic OH excluding ortho intramolecular Hbond substituents is 3. The molecule has 0 unspecified atom stereocenters. The zero-order valence-corrected chi connectivity index (χ0v) is 18.9. The average Bonchev–Trinajstić information content (AvgIpc) is 2.60. The number of aromatic hydroxyl groups is 3. The summed E-state index contributed by atoms with van der Waals surface area (Å²) >= 11 is 0. The summed E-state index contributed by atoms with van der Waals surface area (Å²) < 4.78 is 5.05. The highest BCUT2D eigenvalue weighted by Gasteiger charge is 2.19. The van der Waals surface area contributed by atoms with Crippen LogP contribution in [0.3, 0.4) is 0 Å². The molecule has 0 bridgehead atoms. The molecule has 0 aromatic heterocycles. The van der Waals surface area contributed by atoms with Crippen LogP contribution in [-0.2, 0) is 22.4 Å². The fourth-order valence-electron chi connectivity index (χ4n) is 3.56. The van der Waals surface area contributed by atoms with Crippen molar-refractivity contribution in [3.8, 4) is 17.2 Å². The minimum atomic E-state index is -0.501. The van der Waals surface area contributed by atoms with E-state index in [-0.39, 0.29) is 17.2 Å². The Morgan fingerprint density at radius 1 is 0.828 bits per heavy atom. The molecule has 0 saturated carbocycles. The summed E-state index contributed by atoms with van der Waals surface area (Å²) in [5, 5.41) is 30.9. The highest BCUT2D eigenvalue weighted by atomic mass is 16.5. The number of ether oxygens (including phenoxy) is 1. The van der Waals surface area contributed by atoms with E-state index in [1.54, 1.807) is 0 Å². The highest BCUT2D eigenvalue weighted by Crippen LogP contribution is 2.40. The number of rotatable bonds is 13. The van der Waals surface area contributed by atoms with Crippen molar-refractivity contribution in [1.82, 2.24) is 0 Å². The zero-order valence-electron chi connectivity index (χ0n) is 18.9. The second-order valence-corrected chi connectivity index (χ2v) is 9.89. The fraction of sp³-hybridized carbons (Fsp3) is 0.708. The van der Waals surface area contributed by atoms with Gasteiger partial charge in [-0.1, -0.05) is 40.0 Å². The van der Waals surface area contributed by atoms with Gasteiger partial charge in [-0.2, -0.15) is 0 Å². The Morgan fingerprint density at radius 3 is 2.03 bits per heavy atom. The third kappa shape index (κ3) is 9.42. The number of aryl methyl sites for hydroxylation is 1. The Balaban J connectivity index is 2.57. The zero-order chi connectivity index (χ0) is 22.1. The summed E-state index contributed by atoms with van der Waals surface area (Å²) in [4.78, 5) is 10.5. The van der Waals surface area contributed by atoms with Gasteiger partial charge < -0.3 is 20.1 Å². The van der Waals surface area contributed by atoms with Gasteiger partial charge in [0.1, 0.15) is 11.4 Å². The SMILES string of the molecule is CC(C)(C)CCCCCCc1c(O)c(O)cc(CCCCC(C)(C)OC=O)c1O. The van der Waals surface area contributed by atoms with Crippen molar-refractivity contribution >= 4 is 6.47 Å². The molecular formula is C24H40O5. The molecule has 0 fully saturated rings. The van der Waals surface area contributed by atoms with E-state index in [0.29, 0.717) is 35.9 Å². The molecule has 3 N–H and O–H groups in total. The van der Waals surface area contributed by atoms with E-state index in [2.05, 4.69) is 20.8 Å².